The highest BCUT2D eigenvalue weighted by Gasteiger charge is 2.33. The Morgan fingerprint density at radius 3 is 2.67 bits per heavy atom. The number of rotatable bonds is 5. The molecule has 3 aromatic rings. The number of fused-ring (bicyclic) bond motifs is 1. The number of para-hydroxylation sites is 1. The number of carbonyl (C=O) groups is 2. The van der Waals surface area contributed by atoms with Crippen molar-refractivity contribution in [1.29, 1.82) is 0 Å². The van der Waals surface area contributed by atoms with Crippen molar-refractivity contribution >= 4 is 33.2 Å². The zero-order chi connectivity index (χ0) is 21.3. The predicted molar refractivity (Wildman–Crippen MR) is 116 cm³/mol. The van der Waals surface area contributed by atoms with Crippen molar-refractivity contribution < 1.29 is 18.7 Å². The highest BCUT2D eigenvalue weighted by atomic mass is 32.1. The standard InChI is InChI=1S/C23H23FN2O3S/c1-25(2)23(28)22-21(16-7-3-6-10-19(16)30-22)15-11-12-26(13-15)20(27)14-29-18-9-5-4-8-17(18)24/h3-10,15H,11-14H2,1-2H3/t15-/m0/s1. The van der Waals surface area contributed by atoms with Crippen LogP contribution in [-0.2, 0) is 4.79 Å². The first-order valence-electron chi connectivity index (χ1n) is 9.84. The smallest absolute Gasteiger partial charge is 0.263 e. The summed E-state index contributed by atoms with van der Waals surface area (Å²) >= 11 is 1.50. The molecule has 1 aliphatic heterocycles. The highest BCUT2D eigenvalue weighted by Crippen LogP contribution is 2.40. The molecule has 0 radical (unpaired) electrons. The van der Waals surface area contributed by atoms with Crippen LogP contribution in [0.15, 0.2) is 48.5 Å². The normalized spacial score (nSPS) is 16.1. The summed E-state index contributed by atoms with van der Waals surface area (Å²) in [6, 6.07) is 14.1. The number of likely N-dealkylation sites (tertiary alicyclic amines) is 1. The number of hydrogen-bond donors (Lipinski definition) is 0. The molecule has 1 atom stereocenters. The summed E-state index contributed by atoms with van der Waals surface area (Å²) in [6.45, 7) is 0.902. The average Bonchev–Trinajstić information content (AvgIpc) is 3.37. The summed E-state index contributed by atoms with van der Waals surface area (Å²) in [7, 11) is 3.50. The Morgan fingerprint density at radius 2 is 1.90 bits per heavy atom. The van der Waals surface area contributed by atoms with E-state index in [1.165, 1.54) is 23.5 Å². The SMILES string of the molecule is CN(C)C(=O)c1sc2ccccc2c1[C@H]1CCN(C(=O)COc2ccccc2F)C1. The van der Waals surface area contributed by atoms with Crippen LogP contribution in [0.4, 0.5) is 4.39 Å². The topological polar surface area (TPSA) is 49.9 Å². The first-order valence-corrected chi connectivity index (χ1v) is 10.7. The van der Waals surface area contributed by atoms with Crippen molar-refractivity contribution in [3.05, 3.63) is 64.8 Å². The van der Waals surface area contributed by atoms with Crippen molar-refractivity contribution in [1.82, 2.24) is 9.80 Å². The first-order chi connectivity index (χ1) is 14.5. The molecule has 0 aliphatic carbocycles. The molecule has 0 unspecified atom stereocenters. The summed E-state index contributed by atoms with van der Waals surface area (Å²) in [5.41, 5.74) is 1.03. The predicted octanol–water partition coefficient (Wildman–Crippen LogP) is 4.14. The van der Waals surface area contributed by atoms with Gasteiger partial charge in [0, 0.05) is 37.8 Å². The number of carbonyl (C=O) groups excluding carboxylic acids is 2. The van der Waals surface area contributed by atoms with Gasteiger partial charge in [0.15, 0.2) is 18.2 Å². The van der Waals surface area contributed by atoms with E-state index in [1.807, 2.05) is 24.3 Å². The molecule has 2 amide bonds. The molecule has 0 saturated carbocycles. The number of ether oxygens (including phenoxy) is 1. The maximum atomic E-state index is 13.7. The molecule has 30 heavy (non-hydrogen) atoms. The molecule has 156 valence electrons. The van der Waals surface area contributed by atoms with Crippen molar-refractivity contribution in [3.63, 3.8) is 0 Å². The molecule has 0 bridgehead atoms. The molecule has 1 saturated heterocycles. The van der Waals surface area contributed by atoms with Crippen molar-refractivity contribution in [2.24, 2.45) is 0 Å². The number of nitrogens with zero attached hydrogens (tertiary/aromatic N) is 2. The Bertz CT molecular complexity index is 1090. The van der Waals surface area contributed by atoms with Gasteiger partial charge in [0.2, 0.25) is 0 Å². The number of halogens is 1. The molecular formula is C23H23FN2O3S. The van der Waals surface area contributed by atoms with E-state index in [9.17, 15) is 14.0 Å². The molecule has 4 rings (SSSR count). The quantitative estimate of drug-likeness (QED) is 0.616. The first kappa shape index (κ1) is 20.3. The van der Waals surface area contributed by atoms with Gasteiger partial charge in [-0.3, -0.25) is 9.59 Å². The molecule has 1 aliphatic rings. The van der Waals surface area contributed by atoms with Gasteiger partial charge in [-0.2, -0.15) is 0 Å². The lowest BCUT2D eigenvalue weighted by atomic mass is 9.95. The van der Waals surface area contributed by atoms with Crippen molar-refractivity contribution in [2.45, 2.75) is 12.3 Å². The van der Waals surface area contributed by atoms with E-state index in [0.29, 0.717) is 13.1 Å². The molecule has 5 nitrogen and oxygen atoms in total. The van der Waals surface area contributed by atoms with E-state index in [2.05, 4.69) is 0 Å². The van der Waals surface area contributed by atoms with Gasteiger partial charge in [0.05, 0.1) is 4.88 Å². The van der Waals surface area contributed by atoms with Gasteiger partial charge in [0.1, 0.15) is 0 Å². The molecule has 7 heteroatoms. The maximum absolute atomic E-state index is 13.7. The van der Waals surface area contributed by atoms with Crippen LogP contribution in [0.25, 0.3) is 10.1 Å². The molecule has 0 N–H and O–H groups in total. The number of hydrogen-bond acceptors (Lipinski definition) is 4. The van der Waals surface area contributed by atoms with Gasteiger partial charge in [-0.05, 0) is 35.6 Å². The van der Waals surface area contributed by atoms with Crippen LogP contribution in [0.2, 0.25) is 0 Å². The highest BCUT2D eigenvalue weighted by molar-refractivity contribution is 7.21. The molecular weight excluding hydrogens is 403 g/mol. The number of thiophene rings is 1. The largest absolute Gasteiger partial charge is 0.481 e. The van der Waals surface area contributed by atoms with Gasteiger partial charge < -0.3 is 14.5 Å². The van der Waals surface area contributed by atoms with E-state index in [1.54, 1.807) is 36.0 Å². The lowest BCUT2D eigenvalue weighted by Gasteiger charge is -2.18. The minimum Gasteiger partial charge on any atom is -0.481 e. The van der Waals surface area contributed by atoms with Crippen LogP contribution < -0.4 is 4.74 Å². The average molecular weight is 427 g/mol. The van der Waals surface area contributed by atoms with Crippen LogP contribution in [0, 0.1) is 5.82 Å². The van der Waals surface area contributed by atoms with Crippen LogP contribution in [0.5, 0.6) is 5.75 Å². The Hall–Kier alpha value is -2.93. The Labute approximate surface area is 178 Å². The summed E-state index contributed by atoms with van der Waals surface area (Å²) < 4.78 is 20.2. The molecule has 2 aromatic carbocycles. The van der Waals surface area contributed by atoms with Crippen molar-refractivity contribution in [3.8, 4) is 5.75 Å². The summed E-state index contributed by atoms with van der Waals surface area (Å²) in [4.78, 5) is 29.5. The Balaban J connectivity index is 1.52. The number of benzene rings is 2. The Kier molecular flexibility index (Phi) is 5.72. The molecule has 0 spiro atoms. The molecule has 2 heterocycles. The fourth-order valence-electron chi connectivity index (χ4n) is 3.85. The maximum Gasteiger partial charge on any atom is 0.263 e. The summed E-state index contributed by atoms with van der Waals surface area (Å²) in [5, 5.41) is 1.08. The second-order valence-corrected chi connectivity index (χ2v) is 8.64. The van der Waals surface area contributed by atoms with E-state index in [-0.39, 0.29) is 30.1 Å². The monoisotopic (exact) mass is 426 g/mol. The zero-order valence-electron chi connectivity index (χ0n) is 16.9. The number of amides is 2. The van der Waals surface area contributed by atoms with Crippen LogP contribution in [0.1, 0.15) is 27.6 Å². The van der Waals surface area contributed by atoms with Gasteiger partial charge in [0.25, 0.3) is 11.8 Å². The van der Waals surface area contributed by atoms with Gasteiger partial charge in [-0.1, -0.05) is 30.3 Å². The second-order valence-electron chi connectivity index (χ2n) is 7.59. The Morgan fingerprint density at radius 1 is 1.17 bits per heavy atom. The van der Waals surface area contributed by atoms with Gasteiger partial charge in [-0.15, -0.1) is 11.3 Å². The lowest BCUT2D eigenvalue weighted by Crippen LogP contribution is -2.33. The molecule has 1 aromatic heterocycles. The van der Waals surface area contributed by atoms with E-state index >= 15 is 0 Å². The van der Waals surface area contributed by atoms with E-state index < -0.39 is 5.82 Å². The third kappa shape index (κ3) is 3.89. The van der Waals surface area contributed by atoms with Crippen molar-refractivity contribution in [2.75, 3.05) is 33.8 Å². The van der Waals surface area contributed by atoms with Crippen LogP contribution in [0.3, 0.4) is 0 Å². The minimum atomic E-state index is -0.485. The van der Waals surface area contributed by atoms with Gasteiger partial charge in [-0.25, -0.2) is 4.39 Å². The molecule has 1 fully saturated rings. The third-order valence-corrected chi connectivity index (χ3v) is 6.55. The fraction of sp³-hybridized carbons (Fsp3) is 0.304. The fourth-order valence-corrected chi connectivity index (χ4v) is 5.16. The van der Waals surface area contributed by atoms with Crippen LogP contribution >= 0.6 is 11.3 Å². The van der Waals surface area contributed by atoms with E-state index in [0.717, 1.165) is 26.9 Å². The third-order valence-electron chi connectivity index (χ3n) is 5.37. The second kappa shape index (κ2) is 8.44. The van der Waals surface area contributed by atoms with Crippen LogP contribution in [-0.4, -0.2) is 55.4 Å². The lowest BCUT2D eigenvalue weighted by molar-refractivity contribution is -0.132. The minimum absolute atomic E-state index is 0.0149. The zero-order valence-corrected chi connectivity index (χ0v) is 17.7. The summed E-state index contributed by atoms with van der Waals surface area (Å²) in [5.74, 6) is -0.525. The van der Waals surface area contributed by atoms with E-state index in [4.69, 9.17) is 4.74 Å². The summed E-state index contributed by atoms with van der Waals surface area (Å²) in [6.07, 6.45) is 0.778. The van der Waals surface area contributed by atoms with Gasteiger partial charge >= 0.3 is 0 Å².